The van der Waals surface area contributed by atoms with Gasteiger partial charge in [-0.25, -0.2) is 9.97 Å². The van der Waals surface area contributed by atoms with Crippen LogP contribution < -0.4 is 11.1 Å². The van der Waals surface area contributed by atoms with Crippen LogP contribution in [0, 0.1) is 0 Å². The highest BCUT2D eigenvalue weighted by Gasteiger charge is 2.26. The maximum absolute atomic E-state index is 5.97. The molecule has 4 rings (SSSR count). The lowest BCUT2D eigenvalue weighted by atomic mass is 9.91. The Morgan fingerprint density at radius 1 is 1.29 bits per heavy atom. The van der Waals surface area contributed by atoms with E-state index in [0.717, 1.165) is 53.2 Å². The fourth-order valence-electron chi connectivity index (χ4n) is 3.45. The first-order valence-corrected chi connectivity index (χ1v) is 9.39. The maximum Gasteiger partial charge on any atom is 0.251 e. The molecule has 0 unspecified atom stereocenters. The molecule has 28 heavy (non-hydrogen) atoms. The summed E-state index contributed by atoms with van der Waals surface area (Å²) in [5.41, 5.74) is 12.3. The second-order valence-corrected chi connectivity index (χ2v) is 6.63. The van der Waals surface area contributed by atoms with Gasteiger partial charge < -0.3 is 11.1 Å². The van der Waals surface area contributed by atoms with Gasteiger partial charge in [-0.3, -0.25) is 4.68 Å². The van der Waals surface area contributed by atoms with Crippen LogP contribution in [0.3, 0.4) is 0 Å². The van der Waals surface area contributed by atoms with Gasteiger partial charge in [-0.1, -0.05) is 30.3 Å². The molecule has 1 aliphatic carbocycles. The quantitative estimate of drug-likeness (QED) is 0.530. The maximum atomic E-state index is 5.97. The predicted octanol–water partition coefficient (Wildman–Crippen LogP) is 2.75. The molecule has 0 atom stereocenters. The summed E-state index contributed by atoms with van der Waals surface area (Å²) in [6.07, 6.45) is 7.07. The first-order chi connectivity index (χ1) is 13.7. The summed E-state index contributed by atoms with van der Waals surface area (Å²) in [5.74, 6) is 0.708. The predicted molar refractivity (Wildman–Crippen MR) is 111 cm³/mol. The molecule has 0 bridgehead atoms. The van der Waals surface area contributed by atoms with Crippen LogP contribution in [0.1, 0.15) is 18.2 Å². The van der Waals surface area contributed by atoms with Crippen LogP contribution in [-0.2, 0) is 19.9 Å². The number of hydrogen-bond donors (Lipinski definition) is 2. The third-order valence-electron chi connectivity index (χ3n) is 4.69. The van der Waals surface area contributed by atoms with Gasteiger partial charge >= 0.3 is 0 Å². The SMILES string of the molecule is CCN/C=C\C(N)=Nc1ncc2c(n1)-c1c(nn(C)c1-c1ccccc1)CC2. The van der Waals surface area contributed by atoms with Gasteiger partial charge in [0.2, 0.25) is 0 Å². The van der Waals surface area contributed by atoms with E-state index in [4.69, 9.17) is 15.8 Å². The standard InChI is InChI=1S/C21H23N7/c1-3-23-12-11-17(22)25-21-24-13-15-9-10-16-18(19(15)26-21)20(28(2)27-16)14-7-5-4-6-8-14/h4-8,11-13,23H,3,9-10H2,1-2H3,(H2,22,24,25,26)/b12-11-. The molecular formula is C21H23N7. The molecule has 0 aliphatic heterocycles. The third-order valence-corrected chi connectivity index (χ3v) is 4.69. The number of aromatic nitrogens is 4. The number of nitrogens with one attached hydrogen (secondary N) is 1. The largest absolute Gasteiger partial charge is 0.391 e. The molecule has 0 fully saturated rings. The lowest BCUT2D eigenvalue weighted by Gasteiger charge is -2.16. The topological polar surface area (TPSA) is 94.0 Å². The van der Waals surface area contributed by atoms with Gasteiger partial charge in [0.25, 0.3) is 5.95 Å². The van der Waals surface area contributed by atoms with Crippen LogP contribution in [0.4, 0.5) is 5.95 Å². The molecule has 0 amide bonds. The molecule has 7 heteroatoms. The van der Waals surface area contributed by atoms with Gasteiger partial charge in [-0.15, -0.1) is 0 Å². The Kier molecular flexibility index (Phi) is 4.89. The number of nitrogens with two attached hydrogens (primary N) is 1. The summed E-state index contributed by atoms with van der Waals surface area (Å²) >= 11 is 0. The molecule has 3 N–H and O–H groups in total. The number of aryl methyl sites for hydroxylation is 3. The summed E-state index contributed by atoms with van der Waals surface area (Å²) in [7, 11) is 1.98. The van der Waals surface area contributed by atoms with Crippen LogP contribution in [-0.4, -0.2) is 32.1 Å². The van der Waals surface area contributed by atoms with Crippen LogP contribution in [0.15, 0.2) is 53.8 Å². The average molecular weight is 373 g/mol. The zero-order valence-electron chi connectivity index (χ0n) is 16.1. The van der Waals surface area contributed by atoms with Gasteiger partial charge in [0, 0.05) is 37.1 Å². The van der Waals surface area contributed by atoms with Crippen molar-refractivity contribution >= 4 is 11.8 Å². The summed E-state index contributed by atoms with van der Waals surface area (Å²) < 4.78 is 1.94. The van der Waals surface area contributed by atoms with E-state index in [1.807, 2.05) is 43.0 Å². The second-order valence-electron chi connectivity index (χ2n) is 6.63. The van der Waals surface area contributed by atoms with Crippen molar-refractivity contribution in [3.63, 3.8) is 0 Å². The lowest BCUT2D eigenvalue weighted by molar-refractivity contribution is 0.741. The van der Waals surface area contributed by atoms with Gasteiger partial charge in [0.15, 0.2) is 0 Å². The van der Waals surface area contributed by atoms with Crippen molar-refractivity contribution in [1.82, 2.24) is 25.1 Å². The molecule has 2 heterocycles. The van der Waals surface area contributed by atoms with Crippen molar-refractivity contribution in [3.8, 4) is 22.5 Å². The Balaban J connectivity index is 1.79. The molecule has 2 aromatic heterocycles. The molecule has 7 nitrogen and oxygen atoms in total. The number of rotatable bonds is 5. The molecule has 0 radical (unpaired) electrons. The molecule has 3 aromatic rings. The van der Waals surface area contributed by atoms with Crippen molar-refractivity contribution in [2.24, 2.45) is 17.8 Å². The molecular weight excluding hydrogens is 350 g/mol. The van der Waals surface area contributed by atoms with Gasteiger partial charge in [0.05, 0.1) is 17.1 Å². The first kappa shape index (κ1) is 17.9. The zero-order chi connectivity index (χ0) is 19.5. The molecule has 1 aliphatic rings. The third kappa shape index (κ3) is 3.38. The summed E-state index contributed by atoms with van der Waals surface area (Å²) in [4.78, 5) is 13.5. The van der Waals surface area contributed by atoms with E-state index in [9.17, 15) is 0 Å². The minimum Gasteiger partial charge on any atom is -0.391 e. The van der Waals surface area contributed by atoms with E-state index in [1.54, 1.807) is 12.3 Å². The fourth-order valence-corrected chi connectivity index (χ4v) is 3.45. The monoisotopic (exact) mass is 373 g/mol. The number of hydrogen-bond acceptors (Lipinski definition) is 5. The highest BCUT2D eigenvalue weighted by atomic mass is 15.3. The first-order valence-electron chi connectivity index (χ1n) is 9.39. The zero-order valence-corrected chi connectivity index (χ0v) is 16.1. The number of amidine groups is 1. The number of benzene rings is 1. The van der Waals surface area contributed by atoms with Crippen molar-refractivity contribution < 1.29 is 0 Å². The van der Waals surface area contributed by atoms with Crippen molar-refractivity contribution in [1.29, 1.82) is 0 Å². The summed E-state index contributed by atoms with van der Waals surface area (Å²) in [6, 6.07) is 10.3. The summed E-state index contributed by atoms with van der Waals surface area (Å²) in [6.45, 7) is 2.84. The Labute approximate surface area is 164 Å². The van der Waals surface area contributed by atoms with E-state index in [-0.39, 0.29) is 0 Å². The molecule has 0 saturated heterocycles. The van der Waals surface area contributed by atoms with Crippen LogP contribution in [0.2, 0.25) is 0 Å². The average Bonchev–Trinajstić information content (AvgIpc) is 3.05. The molecule has 142 valence electrons. The van der Waals surface area contributed by atoms with Crippen molar-refractivity contribution in [2.75, 3.05) is 6.54 Å². The smallest absolute Gasteiger partial charge is 0.251 e. The minimum atomic E-state index is 0.353. The van der Waals surface area contributed by atoms with Gasteiger partial charge in [0.1, 0.15) is 5.84 Å². The lowest BCUT2D eigenvalue weighted by Crippen LogP contribution is -2.11. The van der Waals surface area contributed by atoms with E-state index >= 15 is 0 Å². The second kappa shape index (κ2) is 7.64. The Bertz CT molecular complexity index is 1050. The summed E-state index contributed by atoms with van der Waals surface area (Å²) in [5, 5.41) is 7.81. The normalized spacial score (nSPS) is 13.4. The van der Waals surface area contributed by atoms with Crippen LogP contribution in [0.5, 0.6) is 0 Å². The van der Waals surface area contributed by atoms with E-state index in [1.165, 1.54) is 0 Å². The molecule has 1 aromatic carbocycles. The minimum absolute atomic E-state index is 0.353. The number of nitrogens with zero attached hydrogens (tertiary/aromatic N) is 5. The Morgan fingerprint density at radius 3 is 2.89 bits per heavy atom. The fraction of sp³-hybridized carbons (Fsp3) is 0.238. The van der Waals surface area contributed by atoms with E-state index < -0.39 is 0 Å². The highest BCUT2D eigenvalue weighted by molar-refractivity contribution is 5.93. The van der Waals surface area contributed by atoms with E-state index in [0.29, 0.717) is 11.8 Å². The highest BCUT2D eigenvalue weighted by Crippen LogP contribution is 2.39. The van der Waals surface area contributed by atoms with Gasteiger partial charge in [-0.2, -0.15) is 10.1 Å². The Morgan fingerprint density at radius 2 is 2.11 bits per heavy atom. The number of fused-ring (bicyclic) bond motifs is 3. The van der Waals surface area contributed by atoms with Crippen molar-refractivity contribution in [3.05, 3.63) is 60.1 Å². The van der Waals surface area contributed by atoms with Crippen molar-refractivity contribution in [2.45, 2.75) is 19.8 Å². The van der Waals surface area contributed by atoms with E-state index in [2.05, 4.69) is 27.4 Å². The molecule has 0 spiro atoms. The van der Waals surface area contributed by atoms with Crippen LogP contribution in [0.25, 0.3) is 22.5 Å². The number of aliphatic imine (C=N–C) groups is 1. The molecule has 0 saturated carbocycles. The van der Waals surface area contributed by atoms with Gasteiger partial charge in [-0.05, 0) is 31.4 Å². The Hall–Kier alpha value is -3.48. The van der Waals surface area contributed by atoms with Crippen LogP contribution >= 0.6 is 0 Å².